The molecule has 1 aliphatic heterocycles. The van der Waals surface area contributed by atoms with Crippen LogP contribution in [-0.4, -0.2) is 19.5 Å². The minimum Gasteiger partial charge on any atom is -0.427 e. The second-order valence-electron chi connectivity index (χ2n) is 3.12. The normalized spacial score (nSPS) is 15.8. The van der Waals surface area contributed by atoms with Crippen LogP contribution >= 0.6 is 11.6 Å². The monoisotopic (exact) mass is 194 g/mol. The molecule has 1 aromatic rings. The summed E-state index contributed by atoms with van der Waals surface area (Å²) in [5.74, 6) is 0. The number of fused-ring (bicyclic) bond motifs is 1. The van der Waals surface area contributed by atoms with Crippen molar-refractivity contribution < 1.29 is 4.65 Å². The number of halogens is 1. The molecular weight excluding hydrogens is 184 g/mol. The lowest BCUT2D eigenvalue weighted by molar-refractivity contribution is 0.345. The Morgan fingerprint density at radius 3 is 3.00 bits per heavy atom. The molecule has 1 heterocycles. The lowest BCUT2D eigenvalue weighted by atomic mass is 10.1. The second-order valence-corrected chi connectivity index (χ2v) is 3.53. The summed E-state index contributed by atoms with van der Waals surface area (Å²) in [6.07, 6.45) is 0. The molecule has 0 N–H and O–H groups in total. The fourth-order valence-electron chi connectivity index (χ4n) is 1.63. The topological polar surface area (TPSA) is 12.5 Å². The minimum atomic E-state index is 0.850. The predicted octanol–water partition coefficient (Wildman–Crippen LogP) is 1.84. The van der Waals surface area contributed by atoms with Crippen molar-refractivity contribution in [2.75, 3.05) is 7.11 Å². The minimum absolute atomic E-state index is 0.850. The van der Waals surface area contributed by atoms with Crippen LogP contribution in [0.4, 0.5) is 0 Å². The van der Waals surface area contributed by atoms with Crippen molar-refractivity contribution >= 4 is 19.2 Å². The van der Waals surface area contributed by atoms with Gasteiger partial charge in [0.15, 0.2) is 0 Å². The Hall–Kier alpha value is -0.505. The van der Waals surface area contributed by atoms with E-state index in [0.29, 0.717) is 0 Å². The van der Waals surface area contributed by atoms with Crippen LogP contribution in [0.15, 0.2) is 18.2 Å². The molecule has 67 valence electrons. The summed E-state index contributed by atoms with van der Waals surface area (Å²) < 4.78 is 4.95. The molecule has 2 nitrogen and oxygen atoms in total. The van der Waals surface area contributed by atoms with Crippen molar-refractivity contribution in [3.63, 3.8) is 0 Å². The van der Waals surface area contributed by atoms with Gasteiger partial charge in [-0.2, -0.15) is 0 Å². The Morgan fingerprint density at radius 1 is 1.46 bits per heavy atom. The van der Waals surface area contributed by atoms with E-state index in [9.17, 15) is 0 Å². The Kier molecular flexibility index (Phi) is 2.58. The van der Waals surface area contributed by atoms with Crippen LogP contribution in [0.2, 0.25) is 5.02 Å². The zero-order chi connectivity index (χ0) is 9.26. The van der Waals surface area contributed by atoms with E-state index >= 15 is 0 Å². The van der Waals surface area contributed by atoms with Gasteiger partial charge in [0.2, 0.25) is 0 Å². The molecule has 0 aliphatic carbocycles. The second kappa shape index (κ2) is 3.70. The summed E-state index contributed by atoms with van der Waals surface area (Å²) in [5.41, 5.74) is 2.51. The molecule has 0 aromatic heterocycles. The SMILES string of the molecule is CO[B]N1Cc2cccc(Cl)c2C1. The van der Waals surface area contributed by atoms with Crippen LogP contribution < -0.4 is 0 Å². The van der Waals surface area contributed by atoms with E-state index in [-0.39, 0.29) is 0 Å². The van der Waals surface area contributed by atoms with Gasteiger partial charge in [0.25, 0.3) is 0 Å². The number of hydrogen-bond donors (Lipinski definition) is 0. The molecule has 0 spiro atoms. The average Bonchev–Trinajstić information content (AvgIpc) is 2.49. The van der Waals surface area contributed by atoms with E-state index in [0.717, 1.165) is 18.1 Å². The van der Waals surface area contributed by atoms with Crippen molar-refractivity contribution in [3.05, 3.63) is 34.3 Å². The molecule has 0 fully saturated rings. The van der Waals surface area contributed by atoms with Crippen molar-refractivity contribution in [2.24, 2.45) is 0 Å². The first-order valence-electron chi connectivity index (χ1n) is 4.17. The fraction of sp³-hybridized carbons (Fsp3) is 0.333. The molecule has 0 saturated carbocycles. The number of nitrogens with zero attached hydrogens (tertiary/aromatic N) is 1. The predicted molar refractivity (Wildman–Crippen MR) is 53.5 cm³/mol. The van der Waals surface area contributed by atoms with Crippen molar-refractivity contribution in [3.8, 4) is 0 Å². The van der Waals surface area contributed by atoms with Crippen molar-refractivity contribution in [1.82, 2.24) is 4.81 Å². The Labute approximate surface area is 83.7 Å². The van der Waals surface area contributed by atoms with Gasteiger partial charge in [-0.3, -0.25) is 0 Å². The molecule has 4 heteroatoms. The molecule has 1 aromatic carbocycles. The molecular formula is C9H10BClNO. The highest BCUT2D eigenvalue weighted by molar-refractivity contribution is 6.31. The van der Waals surface area contributed by atoms with Gasteiger partial charge in [0.1, 0.15) is 0 Å². The van der Waals surface area contributed by atoms with Crippen LogP contribution in [0.1, 0.15) is 11.1 Å². The Morgan fingerprint density at radius 2 is 2.31 bits per heavy atom. The molecule has 0 saturated heterocycles. The highest BCUT2D eigenvalue weighted by Crippen LogP contribution is 2.28. The largest absolute Gasteiger partial charge is 0.427 e. The first kappa shape index (κ1) is 9.07. The molecule has 0 unspecified atom stereocenters. The van der Waals surface area contributed by atoms with E-state index in [2.05, 4.69) is 10.9 Å². The van der Waals surface area contributed by atoms with Gasteiger partial charge in [-0.15, -0.1) is 0 Å². The van der Waals surface area contributed by atoms with Crippen LogP contribution in [0, 0.1) is 0 Å². The summed E-state index contributed by atoms with van der Waals surface area (Å²) >= 11 is 6.05. The summed E-state index contributed by atoms with van der Waals surface area (Å²) in [4.78, 5) is 2.09. The fourth-order valence-corrected chi connectivity index (χ4v) is 1.88. The highest BCUT2D eigenvalue weighted by atomic mass is 35.5. The van der Waals surface area contributed by atoms with Gasteiger partial charge in [0, 0.05) is 25.2 Å². The third-order valence-corrected chi connectivity index (χ3v) is 2.56. The van der Waals surface area contributed by atoms with E-state index < -0.39 is 0 Å². The van der Waals surface area contributed by atoms with Gasteiger partial charge < -0.3 is 9.47 Å². The van der Waals surface area contributed by atoms with Gasteiger partial charge >= 0.3 is 7.62 Å². The standard InChI is InChI=1S/C9H10BClNO/c1-13-10-12-5-7-3-2-4-9(11)8(7)6-12/h2-4H,5-6H2,1H3. The van der Waals surface area contributed by atoms with Crippen LogP contribution in [-0.2, 0) is 17.7 Å². The Balaban J connectivity index is 2.20. The Bertz CT molecular complexity index is 318. The smallest absolute Gasteiger partial charge is 0.399 e. The lowest BCUT2D eigenvalue weighted by Crippen LogP contribution is -2.22. The first-order chi connectivity index (χ1) is 6.31. The van der Waals surface area contributed by atoms with Gasteiger partial charge in [-0.1, -0.05) is 23.7 Å². The average molecular weight is 194 g/mol. The van der Waals surface area contributed by atoms with Crippen LogP contribution in [0.3, 0.4) is 0 Å². The van der Waals surface area contributed by atoms with Gasteiger partial charge in [-0.25, -0.2) is 0 Å². The quantitative estimate of drug-likeness (QED) is 0.666. The van der Waals surface area contributed by atoms with E-state index in [1.165, 1.54) is 11.1 Å². The molecule has 2 rings (SSSR count). The third-order valence-electron chi connectivity index (χ3n) is 2.20. The maximum absolute atomic E-state index is 6.05. The highest BCUT2D eigenvalue weighted by Gasteiger charge is 2.21. The number of hydrogen-bond acceptors (Lipinski definition) is 2. The zero-order valence-electron chi connectivity index (χ0n) is 7.46. The zero-order valence-corrected chi connectivity index (χ0v) is 8.21. The maximum atomic E-state index is 6.05. The van der Waals surface area contributed by atoms with E-state index in [4.69, 9.17) is 16.3 Å². The first-order valence-corrected chi connectivity index (χ1v) is 4.55. The molecule has 13 heavy (non-hydrogen) atoms. The summed E-state index contributed by atoms with van der Waals surface area (Å²) in [6, 6.07) is 6.01. The van der Waals surface area contributed by atoms with Crippen LogP contribution in [0.5, 0.6) is 0 Å². The molecule has 0 bridgehead atoms. The number of rotatable bonds is 2. The lowest BCUT2D eigenvalue weighted by Gasteiger charge is -2.09. The molecule has 1 radical (unpaired) electrons. The summed E-state index contributed by atoms with van der Waals surface area (Å²) in [6.45, 7) is 1.74. The van der Waals surface area contributed by atoms with E-state index in [1.54, 1.807) is 14.7 Å². The third kappa shape index (κ3) is 1.73. The van der Waals surface area contributed by atoms with Gasteiger partial charge in [-0.05, 0) is 17.2 Å². The maximum Gasteiger partial charge on any atom is 0.399 e. The van der Waals surface area contributed by atoms with Gasteiger partial charge in [0.05, 0.1) is 0 Å². The summed E-state index contributed by atoms with van der Waals surface area (Å²) in [7, 11) is 3.39. The van der Waals surface area contributed by atoms with Crippen molar-refractivity contribution in [2.45, 2.75) is 13.1 Å². The summed E-state index contributed by atoms with van der Waals surface area (Å²) in [5, 5.41) is 0.851. The van der Waals surface area contributed by atoms with Crippen molar-refractivity contribution in [1.29, 1.82) is 0 Å². The van der Waals surface area contributed by atoms with Crippen LogP contribution in [0.25, 0.3) is 0 Å². The molecule has 1 aliphatic rings. The molecule has 0 atom stereocenters. The van der Waals surface area contributed by atoms with E-state index in [1.807, 2.05) is 12.1 Å². The molecule has 0 amide bonds. The number of benzene rings is 1.